The smallest absolute Gasteiger partial charge is 0.220 e. The number of carbonyl (C=O) groups excluding carboxylic acids is 1. The summed E-state index contributed by atoms with van der Waals surface area (Å²) in [5.74, 6) is 1.85. The molecule has 1 aliphatic rings. The van der Waals surface area contributed by atoms with Crippen molar-refractivity contribution >= 4 is 18.5 Å². The summed E-state index contributed by atoms with van der Waals surface area (Å²) < 4.78 is 0. The largest absolute Gasteiger partial charge is 0.356 e. The summed E-state index contributed by atoms with van der Waals surface area (Å²) in [5.41, 5.74) is 0.255. The van der Waals surface area contributed by atoms with Gasteiger partial charge in [-0.3, -0.25) is 4.79 Å². The predicted octanol–water partition coefficient (Wildman–Crippen LogP) is 3.03. The lowest BCUT2D eigenvalue weighted by atomic mass is 10.0. The summed E-state index contributed by atoms with van der Waals surface area (Å²) in [4.78, 5) is 11.6. The van der Waals surface area contributed by atoms with Gasteiger partial charge in [-0.05, 0) is 36.3 Å². The molecule has 0 aliphatic heterocycles. The predicted molar refractivity (Wildman–Crippen MR) is 71.8 cm³/mol. The minimum absolute atomic E-state index is 0.219. The van der Waals surface area contributed by atoms with Crippen LogP contribution in [0.4, 0.5) is 0 Å². The van der Waals surface area contributed by atoms with Gasteiger partial charge in [0.1, 0.15) is 0 Å². The number of unbranched alkanes of at least 4 members (excludes halogenated alkanes) is 1. The maximum absolute atomic E-state index is 11.6. The van der Waals surface area contributed by atoms with Crippen LogP contribution in [0.3, 0.4) is 0 Å². The molecule has 0 bridgehead atoms. The van der Waals surface area contributed by atoms with E-state index >= 15 is 0 Å². The molecule has 1 fully saturated rings. The number of nitrogens with one attached hydrogen (secondary N) is 1. The average molecular weight is 243 g/mol. The zero-order valence-corrected chi connectivity index (χ0v) is 11.5. The van der Waals surface area contributed by atoms with Gasteiger partial charge in [0, 0.05) is 13.0 Å². The highest BCUT2D eigenvalue weighted by atomic mass is 32.1. The Kier molecular flexibility index (Phi) is 5.67. The monoisotopic (exact) mass is 243 g/mol. The summed E-state index contributed by atoms with van der Waals surface area (Å²) in [5, 5.41) is 3.01. The minimum Gasteiger partial charge on any atom is -0.356 e. The van der Waals surface area contributed by atoms with Crippen molar-refractivity contribution in [1.29, 1.82) is 0 Å². The Morgan fingerprint density at radius 2 is 2.06 bits per heavy atom. The van der Waals surface area contributed by atoms with Crippen molar-refractivity contribution < 1.29 is 4.79 Å². The second-order valence-electron chi connectivity index (χ2n) is 5.57. The third-order valence-electron chi connectivity index (χ3n) is 3.36. The molecule has 1 aliphatic carbocycles. The zero-order valence-electron chi connectivity index (χ0n) is 10.6. The first kappa shape index (κ1) is 13.9. The molecule has 0 heterocycles. The number of hydrogen-bond donors (Lipinski definition) is 2. The maximum Gasteiger partial charge on any atom is 0.220 e. The topological polar surface area (TPSA) is 29.1 Å². The SMILES string of the molecule is CC(C)CCCCNC(=O)CC1(CS)CC1. The second kappa shape index (κ2) is 6.53. The lowest BCUT2D eigenvalue weighted by Crippen LogP contribution is -2.27. The van der Waals surface area contributed by atoms with Gasteiger partial charge < -0.3 is 5.32 Å². The molecule has 94 valence electrons. The molecule has 1 saturated carbocycles. The number of carbonyl (C=O) groups is 1. The van der Waals surface area contributed by atoms with Crippen LogP contribution >= 0.6 is 12.6 Å². The van der Waals surface area contributed by atoms with Crippen LogP contribution in [0.25, 0.3) is 0 Å². The number of thiol groups is 1. The van der Waals surface area contributed by atoms with Crippen LogP contribution in [0.1, 0.15) is 52.4 Å². The van der Waals surface area contributed by atoms with Crippen LogP contribution in [-0.4, -0.2) is 18.2 Å². The molecule has 1 amide bonds. The van der Waals surface area contributed by atoms with Gasteiger partial charge in [-0.1, -0.05) is 26.7 Å². The molecule has 0 spiro atoms. The Labute approximate surface area is 105 Å². The molecule has 0 aromatic rings. The van der Waals surface area contributed by atoms with Gasteiger partial charge in [-0.25, -0.2) is 0 Å². The molecule has 0 aromatic carbocycles. The summed E-state index contributed by atoms with van der Waals surface area (Å²) in [7, 11) is 0. The van der Waals surface area contributed by atoms with Crippen LogP contribution in [0.15, 0.2) is 0 Å². The highest BCUT2D eigenvalue weighted by molar-refractivity contribution is 7.80. The van der Waals surface area contributed by atoms with E-state index in [0.717, 1.165) is 24.6 Å². The third-order valence-corrected chi connectivity index (χ3v) is 4.03. The van der Waals surface area contributed by atoms with E-state index in [2.05, 4.69) is 31.8 Å². The van der Waals surface area contributed by atoms with Gasteiger partial charge >= 0.3 is 0 Å². The fraction of sp³-hybridized carbons (Fsp3) is 0.923. The molecule has 0 atom stereocenters. The molecule has 1 N–H and O–H groups in total. The Morgan fingerprint density at radius 1 is 1.38 bits per heavy atom. The normalized spacial score (nSPS) is 17.5. The number of rotatable bonds is 8. The lowest BCUT2D eigenvalue weighted by Gasteiger charge is -2.11. The first-order valence-electron chi connectivity index (χ1n) is 6.45. The number of hydrogen-bond acceptors (Lipinski definition) is 2. The van der Waals surface area contributed by atoms with E-state index < -0.39 is 0 Å². The average Bonchev–Trinajstić information content (AvgIpc) is 2.97. The van der Waals surface area contributed by atoms with Crippen LogP contribution in [-0.2, 0) is 4.79 Å². The Balaban J connectivity index is 1.98. The summed E-state index contributed by atoms with van der Waals surface area (Å²) in [6.45, 7) is 5.32. The fourth-order valence-corrected chi connectivity index (χ4v) is 2.30. The molecule has 0 saturated heterocycles. The van der Waals surface area contributed by atoms with E-state index in [4.69, 9.17) is 0 Å². The van der Waals surface area contributed by atoms with Crippen molar-refractivity contribution in [2.75, 3.05) is 12.3 Å². The Bertz CT molecular complexity index is 224. The van der Waals surface area contributed by atoms with Gasteiger partial charge in [0.2, 0.25) is 5.91 Å². The van der Waals surface area contributed by atoms with Crippen LogP contribution < -0.4 is 5.32 Å². The van der Waals surface area contributed by atoms with E-state index in [9.17, 15) is 4.79 Å². The molecule has 1 rings (SSSR count). The fourth-order valence-electron chi connectivity index (χ4n) is 1.88. The molecule has 16 heavy (non-hydrogen) atoms. The first-order valence-corrected chi connectivity index (χ1v) is 7.09. The zero-order chi connectivity index (χ0) is 12.0. The summed E-state index contributed by atoms with van der Waals surface area (Å²) in [6.07, 6.45) is 6.62. The van der Waals surface area contributed by atoms with Gasteiger partial charge in [0.25, 0.3) is 0 Å². The van der Waals surface area contributed by atoms with Crippen molar-refractivity contribution in [3.8, 4) is 0 Å². The van der Waals surface area contributed by atoms with Crippen molar-refractivity contribution in [2.45, 2.75) is 52.4 Å². The van der Waals surface area contributed by atoms with Crippen LogP contribution in [0.5, 0.6) is 0 Å². The van der Waals surface area contributed by atoms with Gasteiger partial charge in [-0.15, -0.1) is 0 Å². The van der Waals surface area contributed by atoms with Crippen molar-refractivity contribution in [3.63, 3.8) is 0 Å². The molecule has 0 unspecified atom stereocenters. The Hall–Kier alpha value is -0.180. The van der Waals surface area contributed by atoms with E-state index in [1.807, 2.05) is 0 Å². The van der Waals surface area contributed by atoms with Gasteiger partial charge in [0.15, 0.2) is 0 Å². The standard InChI is InChI=1S/C13H25NOS/c1-11(2)5-3-4-8-14-12(15)9-13(10-16)6-7-13/h11,16H,3-10H2,1-2H3,(H,14,15). The van der Waals surface area contributed by atoms with Gasteiger partial charge in [0.05, 0.1) is 0 Å². The lowest BCUT2D eigenvalue weighted by molar-refractivity contribution is -0.122. The number of amides is 1. The maximum atomic E-state index is 11.6. The molecule has 2 nitrogen and oxygen atoms in total. The Morgan fingerprint density at radius 3 is 2.56 bits per heavy atom. The molecule has 0 radical (unpaired) electrons. The van der Waals surface area contributed by atoms with Crippen LogP contribution in [0, 0.1) is 11.3 Å². The van der Waals surface area contributed by atoms with E-state index in [0.29, 0.717) is 6.42 Å². The molecular weight excluding hydrogens is 218 g/mol. The van der Waals surface area contributed by atoms with Gasteiger partial charge in [-0.2, -0.15) is 12.6 Å². The van der Waals surface area contributed by atoms with E-state index in [1.54, 1.807) is 0 Å². The van der Waals surface area contributed by atoms with E-state index in [-0.39, 0.29) is 11.3 Å². The molecule has 0 aromatic heterocycles. The first-order chi connectivity index (χ1) is 7.58. The summed E-state index contributed by atoms with van der Waals surface area (Å²) >= 11 is 4.31. The second-order valence-corrected chi connectivity index (χ2v) is 5.89. The van der Waals surface area contributed by atoms with Crippen molar-refractivity contribution in [3.05, 3.63) is 0 Å². The highest BCUT2D eigenvalue weighted by Crippen LogP contribution is 2.49. The van der Waals surface area contributed by atoms with Crippen molar-refractivity contribution in [1.82, 2.24) is 5.32 Å². The molecular formula is C13H25NOS. The molecule has 3 heteroatoms. The van der Waals surface area contributed by atoms with E-state index in [1.165, 1.54) is 25.7 Å². The van der Waals surface area contributed by atoms with Crippen LogP contribution in [0.2, 0.25) is 0 Å². The quantitative estimate of drug-likeness (QED) is 0.498. The highest BCUT2D eigenvalue weighted by Gasteiger charge is 2.42. The summed E-state index contributed by atoms with van der Waals surface area (Å²) in [6, 6.07) is 0. The minimum atomic E-state index is 0.219. The van der Waals surface area contributed by atoms with Crippen molar-refractivity contribution in [2.24, 2.45) is 11.3 Å². The third kappa shape index (κ3) is 5.24.